The molecule has 35 heavy (non-hydrogen) atoms. The van der Waals surface area contributed by atoms with Crippen molar-refractivity contribution in [3.05, 3.63) is 69.8 Å². The number of methoxy groups -OCH3 is 1. The first kappa shape index (κ1) is 23.2. The Hall–Kier alpha value is -3.59. The van der Waals surface area contributed by atoms with E-state index in [-0.39, 0.29) is 28.8 Å². The molecule has 1 aliphatic carbocycles. The maximum Gasteiger partial charge on any atom is 0.514 e. The molecule has 1 saturated heterocycles. The summed E-state index contributed by atoms with van der Waals surface area (Å²) >= 11 is 0. The number of fused-ring (bicyclic) bond motifs is 1. The molecule has 9 heteroatoms. The predicted molar refractivity (Wildman–Crippen MR) is 127 cm³/mol. The van der Waals surface area contributed by atoms with Gasteiger partial charge < -0.3 is 23.8 Å². The Kier molecular flexibility index (Phi) is 5.67. The SMILES string of the molecule is COc1ccc(C)c2c1O[C@H]1[C@@H](OC(=O)Oc3ccc([N+](=O)[O-])cc3)C=C[C@H]3[C@@H](C)N(C)CC[C@@]231. The van der Waals surface area contributed by atoms with Gasteiger partial charge in [0.15, 0.2) is 17.6 Å². The molecule has 0 unspecified atom stereocenters. The number of nitro benzene ring substituents is 1. The van der Waals surface area contributed by atoms with Crippen LogP contribution in [0.4, 0.5) is 10.5 Å². The molecule has 3 aliphatic rings. The number of rotatable bonds is 4. The highest BCUT2D eigenvalue weighted by molar-refractivity contribution is 5.65. The molecule has 0 amide bonds. The Bertz CT molecular complexity index is 1190. The molecule has 1 fully saturated rings. The fourth-order valence-corrected chi connectivity index (χ4v) is 5.94. The molecule has 0 radical (unpaired) electrons. The molecule has 9 nitrogen and oxygen atoms in total. The predicted octanol–water partition coefficient (Wildman–Crippen LogP) is 4.40. The third-order valence-electron chi connectivity index (χ3n) is 7.74. The summed E-state index contributed by atoms with van der Waals surface area (Å²) in [4.78, 5) is 25.4. The van der Waals surface area contributed by atoms with Crippen LogP contribution in [0.25, 0.3) is 0 Å². The number of nitro groups is 1. The van der Waals surface area contributed by atoms with E-state index in [1.807, 2.05) is 12.1 Å². The van der Waals surface area contributed by atoms with Crippen LogP contribution < -0.4 is 14.2 Å². The smallest absolute Gasteiger partial charge is 0.493 e. The molecule has 0 bridgehead atoms. The number of aryl methyl sites for hydroxylation is 1. The standard InChI is InChI=1S/C26H28N2O7/c1-15-5-11-20(32-4)23-22(15)26-13-14-27(3)16(2)19(26)10-12-21(24(26)35-23)34-25(29)33-18-8-6-17(7-9-18)28(30)31/h5-12,16,19,21,24H,13-14H2,1-4H3/t16-,19+,21+,24+,26+/m1/s1. The number of benzene rings is 2. The zero-order valence-electron chi connectivity index (χ0n) is 20.1. The van der Waals surface area contributed by atoms with E-state index in [0.29, 0.717) is 11.5 Å². The maximum absolute atomic E-state index is 12.7. The van der Waals surface area contributed by atoms with Crippen molar-refractivity contribution in [2.24, 2.45) is 5.92 Å². The average molecular weight is 481 g/mol. The zero-order valence-corrected chi connectivity index (χ0v) is 20.1. The van der Waals surface area contributed by atoms with Crippen molar-refractivity contribution < 1.29 is 28.7 Å². The number of hydrogen-bond donors (Lipinski definition) is 0. The molecular weight excluding hydrogens is 452 g/mol. The zero-order chi connectivity index (χ0) is 24.9. The van der Waals surface area contributed by atoms with Crippen LogP contribution in [0.2, 0.25) is 0 Å². The van der Waals surface area contributed by atoms with Gasteiger partial charge in [-0.25, -0.2) is 4.79 Å². The van der Waals surface area contributed by atoms with Crippen molar-refractivity contribution >= 4 is 11.8 Å². The van der Waals surface area contributed by atoms with Gasteiger partial charge in [-0.1, -0.05) is 12.1 Å². The number of piperidine rings is 1. The third-order valence-corrected chi connectivity index (χ3v) is 7.74. The van der Waals surface area contributed by atoms with Crippen molar-refractivity contribution in [1.29, 1.82) is 0 Å². The minimum Gasteiger partial charge on any atom is -0.493 e. The van der Waals surface area contributed by atoms with Crippen molar-refractivity contribution in [1.82, 2.24) is 4.90 Å². The van der Waals surface area contributed by atoms with E-state index in [1.54, 1.807) is 7.11 Å². The minimum atomic E-state index is -0.897. The normalized spacial score (nSPS) is 28.8. The van der Waals surface area contributed by atoms with Gasteiger partial charge in [0.05, 0.1) is 12.0 Å². The lowest BCUT2D eigenvalue weighted by molar-refractivity contribution is -0.384. The van der Waals surface area contributed by atoms with E-state index in [2.05, 4.69) is 37.9 Å². The largest absolute Gasteiger partial charge is 0.514 e. The van der Waals surface area contributed by atoms with Gasteiger partial charge in [-0.3, -0.25) is 10.1 Å². The number of hydrogen-bond acceptors (Lipinski definition) is 8. The highest BCUT2D eigenvalue weighted by atomic mass is 16.7. The molecule has 0 saturated carbocycles. The fraction of sp³-hybridized carbons (Fsp3) is 0.423. The van der Waals surface area contributed by atoms with Crippen LogP contribution in [0.3, 0.4) is 0 Å². The molecule has 2 aromatic carbocycles. The molecule has 184 valence electrons. The molecule has 5 rings (SSSR count). The van der Waals surface area contributed by atoms with E-state index in [4.69, 9.17) is 18.9 Å². The highest BCUT2D eigenvalue weighted by Crippen LogP contribution is 2.59. The summed E-state index contributed by atoms with van der Waals surface area (Å²) in [5.74, 6) is 1.69. The van der Waals surface area contributed by atoms with E-state index in [0.717, 1.165) is 24.1 Å². The van der Waals surface area contributed by atoms with Gasteiger partial charge in [-0.2, -0.15) is 0 Å². The number of ether oxygens (including phenoxy) is 4. The van der Waals surface area contributed by atoms with Gasteiger partial charge in [0.2, 0.25) is 0 Å². The first-order valence-corrected chi connectivity index (χ1v) is 11.6. The van der Waals surface area contributed by atoms with Crippen molar-refractivity contribution in [2.75, 3.05) is 20.7 Å². The Morgan fingerprint density at radius 3 is 2.63 bits per heavy atom. The van der Waals surface area contributed by atoms with E-state index in [9.17, 15) is 14.9 Å². The quantitative estimate of drug-likeness (QED) is 0.209. The van der Waals surface area contributed by atoms with Gasteiger partial charge >= 0.3 is 6.16 Å². The van der Waals surface area contributed by atoms with Gasteiger partial charge in [0.25, 0.3) is 5.69 Å². The Labute approximate surface area is 203 Å². The second-order valence-corrected chi connectivity index (χ2v) is 9.44. The topological polar surface area (TPSA) is 100 Å². The molecule has 2 heterocycles. The van der Waals surface area contributed by atoms with Crippen LogP contribution in [0.15, 0.2) is 48.6 Å². The first-order valence-electron chi connectivity index (χ1n) is 11.6. The van der Waals surface area contributed by atoms with Crippen LogP contribution in [-0.4, -0.2) is 54.9 Å². The molecule has 0 N–H and O–H groups in total. The number of carbonyl (C=O) groups excluding carboxylic acids is 1. The van der Waals surface area contributed by atoms with Crippen LogP contribution in [-0.2, 0) is 10.2 Å². The lowest BCUT2D eigenvalue weighted by atomic mass is 9.57. The molecule has 2 aliphatic heterocycles. The summed E-state index contributed by atoms with van der Waals surface area (Å²) < 4.78 is 23.3. The summed E-state index contributed by atoms with van der Waals surface area (Å²) in [5, 5.41) is 10.9. The van der Waals surface area contributed by atoms with Crippen LogP contribution in [0.1, 0.15) is 24.5 Å². The maximum atomic E-state index is 12.7. The van der Waals surface area contributed by atoms with Crippen molar-refractivity contribution in [3.8, 4) is 17.2 Å². The second kappa shape index (κ2) is 8.57. The summed E-state index contributed by atoms with van der Waals surface area (Å²) in [6, 6.07) is 9.49. The number of likely N-dealkylation sites (tertiary alicyclic amines) is 1. The van der Waals surface area contributed by atoms with Crippen molar-refractivity contribution in [3.63, 3.8) is 0 Å². The molecule has 5 atom stereocenters. The lowest BCUT2D eigenvalue weighted by Gasteiger charge is -2.53. The number of nitrogens with zero attached hydrogens (tertiary/aromatic N) is 2. The second-order valence-electron chi connectivity index (χ2n) is 9.44. The van der Waals surface area contributed by atoms with Gasteiger partial charge in [0.1, 0.15) is 11.9 Å². The van der Waals surface area contributed by atoms with Gasteiger partial charge in [-0.15, -0.1) is 0 Å². The summed E-state index contributed by atoms with van der Waals surface area (Å²) in [6.45, 7) is 5.17. The lowest BCUT2D eigenvalue weighted by Crippen LogP contribution is -2.62. The summed E-state index contributed by atoms with van der Waals surface area (Å²) in [6.07, 6.45) is 2.84. The number of non-ortho nitro benzene ring substituents is 1. The van der Waals surface area contributed by atoms with Crippen LogP contribution in [0, 0.1) is 23.0 Å². The fourth-order valence-electron chi connectivity index (χ4n) is 5.94. The van der Waals surface area contributed by atoms with Gasteiger partial charge in [-0.05, 0) is 63.7 Å². The summed E-state index contributed by atoms with van der Waals surface area (Å²) in [7, 11) is 3.75. The third kappa shape index (κ3) is 3.61. The number of carbonyl (C=O) groups is 1. The Morgan fingerprint density at radius 2 is 1.94 bits per heavy atom. The molecule has 1 spiro atoms. The monoisotopic (exact) mass is 480 g/mol. The van der Waals surface area contributed by atoms with E-state index < -0.39 is 23.3 Å². The van der Waals surface area contributed by atoms with Crippen LogP contribution in [0.5, 0.6) is 17.2 Å². The van der Waals surface area contributed by atoms with Gasteiger partial charge in [0, 0.05) is 35.1 Å². The average Bonchev–Trinajstić information content (AvgIpc) is 3.19. The highest BCUT2D eigenvalue weighted by Gasteiger charge is 2.62. The Morgan fingerprint density at radius 1 is 1.20 bits per heavy atom. The Balaban J connectivity index is 1.47. The van der Waals surface area contributed by atoms with Crippen LogP contribution >= 0.6 is 0 Å². The summed E-state index contributed by atoms with van der Waals surface area (Å²) in [5.41, 5.74) is 1.76. The van der Waals surface area contributed by atoms with E-state index >= 15 is 0 Å². The molecular formula is C26H28N2O7. The van der Waals surface area contributed by atoms with Crippen molar-refractivity contribution in [2.45, 2.75) is 43.9 Å². The van der Waals surface area contributed by atoms with E-state index in [1.165, 1.54) is 24.3 Å². The minimum absolute atomic E-state index is 0.0910. The molecule has 0 aromatic heterocycles. The molecule has 2 aromatic rings. The first-order chi connectivity index (χ1) is 16.8.